The van der Waals surface area contributed by atoms with E-state index in [-0.39, 0.29) is 5.41 Å². The van der Waals surface area contributed by atoms with Gasteiger partial charge in [-0.15, -0.1) is 0 Å². The van der Waals surface area contributed by atoms with Crippen molar-refractivity contribution in [1.29, 1.82) is 0 Å². The fourth-order valence-corrected chi connectivity index (χ4v) is 8.61. The topological polar surface area (TPSA) is 6.48 Å². The van der Waals surface area contributed by atoms with Gasteiger partial charge in [0.15, 0.2) is 0 Å². The SMILES string of the molecule is CC(C)(C)c1cc(N(c2ccccc2)c2ccc(-c3ccccc3)cc2)c(-c2ccc3ccccc3c2)c(N(c2ccccc2)c2ccc3ccc4ccccc4c3c2)c1. The summed E-state index contributed by atoms with van der Waals surface area (Å²) in [5.41, 5.74) is 12.3. The highest BCUT2D eigenvalue weighted by Gasteiger charge is 2.28. The summed E-state index contributed by atoms with van der Waals surface area (Å²) in [5, 5.41) is 7.35. The Bertz CT molecular complexity index is 3110. The van der Waals surface area contributed by atoms with E-state index in [4.69, 9.17) is 0 Å². The van der Waals surface area contributed by atoms with Gasteiger partial charge in [0.2, 0.25) is 0 Å². The van der Waals surface area contributed by atoms with Gasteiger partial charge in [-0.05, 0) is 127 Å². The lowest BCUT2D eigenvalue weighted by Gasteiger charge is -2.35. The molecule has 0 aromatic heterocycles. The molecule has 10 rings (SSSR count). The van der Waals surface area contributed by atoms with E-state index in [0.29, 0.717) is 0 Å². The number of para-hydroxylation sites is 2. The van der Waals surface area contributed by atoms with Crippen molar-refractivity contribution in [3.8, 4) is 22.3 Å². The van der Waals surface area contributed by atoms with Crippen molar-refractivity contribution in [3.63, 3.8) is 0 Å². The molecule has 0 amide bonds. The zero-order valence-corrected chi connectivity index (χ0v) is 34.3. The first-order valence-electron chi connectivity index (χ1n) is 20.8. The average Bonchev–Trinajstić information content (AvgIpc) is 3.30. The minimum atomic E-state index is -0.174. The van der Waals surface area contributed by atoms with E-state index in [1.54, 1.807) is 0 Å². The molecule has 0 aliphatic carbocycles. The second-order valence-corrected chi connectivity index (χ2v) is 16.6. The van der Waals surface area contributed by atoms with Gasteiger partial charge in [-0.3, -0.25) is 0 Å². The van der Waals surface area contributed by atoms with Crippen molar-refractivity contribution in [2.45, 2.75) is 26.2 Å². The normalized spacial score (nSPS) is 11.6. The highest BCUT2D eigenvalue weighted by atomic mass is 15.2. The fourth-order valence-electron chi connectivity index (χ4n) is 8.61. The van der Waals surface area contributed by atoms with Crippen LogP contribution in [0.3, 0.4) is 0 Å². The first-order chi connectivity index (χ1) is 29.4. The van der Waals surface area contributed by atoms with Crippen LogP contribution >= 0.6 is 0 Å². The Hall–Kier alpha value is -7.42. The van der Waals surface area contributed by atoms with Crippen LogP contribution < -0.4 is 9.80 Å². The van der Waals surface area contributed by atoms with Gasteiger partial charge in [-0.1, -0.05) is 178 Å². The molecule has 0 spiro atoms. The Balaban J connectivity index is 1.31. The van der Waals surface area contributed by atoms with Gasteiger partial charge in [-0.2, -0.15) is 0 Å². The number of rotatable bonds is 8. The van der Waals surface area contributed by atoms with Gasteiger partial charge in [0.25, 0.3) is 0 Å². The molecule has 2 nitrogen and oxygen atoms in total. The molecular weight excluding hydrogens is 725 g/mol. The van der Waals surface area contributed by atoms with Gasteiger partial charge in [0.05, 0.1) is 11.4 Å². The number of benzene rings is 10. The van der Waals surface area contributed by atoms with E-state index >= 15 is 0 Å². The van der Waals surface area contributed by atoms with Crippen LogP contribution in [0.1, 0.15) is 26.3 Å². The third-order valence-electron chi connectivity index (χ3n) is 11.7. The lowest BCUT2D eigenvalue weighted by atomic mass is 9.83. The van der Waals surface area contributed by atoms with Crippen molar-refractivity contribution in [3.05, 3.63) is 230 Å². The predicted molar refractivity (Wildman–Crippen MR) is 258 cm³/mol. The minimum Gasteiger partial charge on any atom is -0.310 e. The van der Waals surface area contributed by atoms with Gasteiger partial charge in [0, 0.05) is 28.3 Å². The molecule has 0 saturated carbocycles. The number of nitrogens with zero attached hydrogens (tertiary/aromatic N) is 2. The van der Waals surface area contributed by atoms with Gasteiger partial charge < -0.3 is 9.80 Å². The number of anilines is 6. The van der Waals surface area contributed by atoms with Crippen LogP contribution in [-0.4, -0.2) is 0 Å². The molecular formula is C58H46N2. The smallest absolute Gasteiger partial charge is 0.0564 e. The standard InChI is InChI=1S/C58H46N2/c1-58(2,3)48-38-55(59(49-22-9-5-10-23-49)51-34-31-43(32-35-51)41-17-7-4-8-18-41)57(47-30-27-42-19-13-14-21-46(42)37-47)56(39-48)60(50-24-11-6-12-25-50)52-36-33-45-29-28-44-20-15-16-26-53(44)54(45)40-52/h4-40H,1-3H3. The molecule has 0 aliphatic heterocycles. The second kappa shape index (κ2) is 15.4. The van der Waals surface area contributed by atoms with Gasteiger partial charge in [0.1, 0.15) is 0 Å². The second-order valence-electron chi connectivity index (χ2n) is 16.6. The molecule has 0 bridgehead atoms. The molecule has 10 aromatic carbocycles. The number of fused-ring (bicyclic) bond motifs is 4. The quantitative estimate of drug-likeness (QED) is 0.142. The first-order valence-corrected chi connectivity index (χ1v) is 20.8. The van der Waals surface area contributed by atoms with Crippen LogP contribution in [-0.2, 0) is 5.41 Å². The van der Waals surface area contributed by atoms with E-state index in [1.807, 2.05) is 0 Å². The summed E-state index contributed by atoms with van der Waals surface area (Å²) in [6.45, 7) is 6.96. The largest absolute Gasteiger partial charge is 0.310 e. The summed E-state index contributed by atoms with van der Waals surface area (Å²) in [4.78, 5) is 4.93. The molecule has 0 radical (unpaired) electrons. The summed E-state index contributed by atoms with van der Waals surface area (Å²) >= 11 is 0. The lowest BCUT2D eigenvalue weighted by molar-refractivity contribution is 0.590. The van der Waals surface area contributed by atoms with E-state index < -0.39 is 0 Å². The van der Waals surface area contributed by atoms with E-state index in [0.717, 1.165) is 45.3 Å². The summed E-state index contributed by atoms with van der Waals surface area (Å²) in [6.07, 6.45) is 0. The third-order valence-corrected chi connectivity index (χ3v) is 11.7. The Morgan fingerprint density at radius 2 is 0.733 bits per heavy atom. The van der Waals surface area contributed by atoms with Crippen LogP contribution in [0.4, 0.5) is 34.1 Å². The lowest BCUT2D eigenvalue weighted by Crippen LogP contribution is -2.19. The summed E-state index contributed by atoms with van der Waals surface area (Å²) in [5.74, 6) is 0. The summed E-state index contributed by atoms with van der Waals surface area (Å²) in [7, 11) is 0. The first kappa shape index (κ1) is 36.9. The maximum atomic E-state index is 2.48. The van der Waals surface area contributed by atoms with Crippen molar-refractivity contribution in [1.82, 2.24) is 0 Å². The molecule has 0 atom stereocenters. The van der Waals surface area contributed by atoms with Crippen LogP contribution in [0.5, 0.6) is 0 Å². The highest BCUT2D eigenvalue weighted by molar-refractivity contribution is 6.10. The fraction of sp³-hybridized carbons (Fsp3) is 0.0690. The molecule has 288 valence electrons. The van der Waals surface area contributed by atoms with Crippen molar-refractivity contribution < 1.29 is 0 Å². The van der Waals surface area contributed by atoms with Crippen LogP contribution in [0.25, 0.3) is 54.6 Å². The number of hydrogen-bond acceptors (Lipinski definition) is 2. The Morgan fingerprint density at radius 1 is 0.300 bits per heavy atom. The Kier molecular flexibility index (Phi) is 9.47. The molecule has 0 saturated heterocycles. The minimum absolute atomic E-state index is 0.174. The molecule has 10 aromatic rings. The highest BCUT2D eigenvalue weighted by Crippen LogP contribution is 2.51. The maximum absolute atomic E-state index is 2.48. The molecule has 0 heterocycles. The Labute approximate surface area is 353 Å². The Morgan fingerprint density at radius 3 is 1.37 bits per heavy atom. The van der Waals surface area contributed by atoms with Crippen molar-refractivity contribution >= 4 is 66.4 Å². The monoisotopic (exact) mass is 770 g/mol. The average molecular weight is 771 g/mol. The summed E-state index contributed by atoms with van der Waals surface area (Å²) in [6, 6.07) is 82.0. The van der Waals surface area contributed by atoms with Crippen LogP contribution in [0, 0.1) is 0 Å². The van der Waals surface area contributed by atoms with E-state index in [9.17, 15) is 0 Å². The molecule has 0 N–H and O–H groups in total. The van der Waals surface area contributed by atoms with Crippen LogP contribution in [0.2, 0.25) is 0 Å². The third kappa shape index (κ3) is 6.97. The molecule has 0 unspecified atom stereocenters. The van der Waals surface area contributed by atoms with E-state index in [1.165, 1.54) is 49.0 Å². The molecule has 2 heteroatoms. The van der Waals surface area contributed by atoms with Gasteiger partial charge in [-0.25, -0.2) is 0 Å². The predicted octanol–water partition coefficient (Wildman–Crippen LogP) is 16.7. The number of hydrogen-bond donors (Lipinski definition) is 0. The van der Waals surface area contributed by atoms with Crippen LogP contribution in [0.15, 0.2) is 224 Å². The molecule has 60 heavy (non-hydrogen) atoms. The zero-order valence-electron chi connectivity index (χ0n) is 34.3. The van der Waals surface area contributed by atoms with E-state index in [2.05, 4.69) is 255 Å². The van der Waals surface area contributed by atoms with Crippen molar-refractivity contribution in [2.75, 3.05) is 9.80 Å². The van der Waals surface area contributed by atoms with Gasteiger partial charge >= 0.3 is 0 Å². The maximum Gasteiger partial charge on any atom is 0.0564 e. The molecule has 0 fully saturated rings. The zero-order chi connectivity index (χ0) is 40.6. The van der Waals surface area contributed by atoms with Crippen molar-refractivity contribution in [2.24, 2.45) is 0 Å². The molecule has 0 aliphatic rings. The summed E-state index contributed by atoms with van der Waals surface area (Å²) < 4.78 is 0.